The summed E-state index contributed by atoms with van der Waals surface area (Å²) in [5.74, 6) is 2.88. The fourth-order valence-corrected chi connectivity index (χ4v) is 3.65. The smallest absolute Gasteiger partial charge is 0.340 e. The molecule has 1 N–H and O–H groups in total. The monoisotopic (exact) mass is 418 g/mol. The highest BCUT2D eigenvalue weighted by atomic mass is 28.3. The van der Waals surface area contributed by atoms with Gasteiger partial charge in [-0.3, -0.25) is 4.79 Å². The third-order valence-corrected chi connectivity index (χ3v) is 5.49. The van der Waals surface area contributed by atoms with Gasteiger partial charge in [0.25, 0.3) is 5.91 Å². The van der Waals surface area contributed by atoms with Crippen LogP contribution in [0.1, 0.15) is 15.9 Å². The Morgan fingerprint density at radius 3 is 2.62 bits per heavy atom. The normalized spacial score (nSPS) is 18.2. The zero-order chi connectivity index (χ0) is 21.2. The van der Waals surface area contributed by atoms with E-state index in [0.717, 1.165) is 5.56 Å². The maximum Gasteiger partial charge on any atom is 0.340 e. The van der Waals surface area contributed by atoms with Crippen LogP contribution in [0.25, 0.3) is 0 Å². The molecule has 1 fully saturated rings. The van der Waals surface area contributed by atoms with Crippen LogP contribution in [0.15, 0.2) is 18.2 Å². The van der Waals surface area contributed by atoms with Gasteiger partial charge in [0.2, 0.25) is 6.41 Å². The molecule has 1 amide bonds. The van der Waals surface area contributed by atoms with Gasteiger partial charge in [-0.05, 0) is 17.7 Å². The number of esters is 1. The van der Waals surface area contributed by atoms with E-state index in [9.17, 15) is 9.59 Å². The number of methoxy groups -OCH3 is 2. The number of amides is 1. The van der Waals surface area contributed by atoms with E-state index < -0.39 is 26.0 Å². The van der Waals surface area contributed by atoms with Crippen LogP contribution < -0.4 is 10.1 Å². The van der Waals surface area contributed by atoms with Crippen molar-refractivity contribution in [1.82, 2.24) is 10.2 Å². The number of benzene rings is 1. The van der Waals surface area contributed by atoms with Gasteiger partial charge >= 0.3 is 5.97 Å². The van der Waals surface area contributed by atoms with Gasteiger partial charge < -0.3 is 23.8 Å². The van der Waals surface area contributed by atoms with Crippen molar-refractivity contribution < 1.29 is 28.5 Å². The lowest BCUT2D eigenvalue weighted by Crippen LogP contribution is -2.64. The summed E-state index contributed by atoms with van der Waals surface area (Å²) in [5.41, 5.74) is 3.16. The number of hydrogen-bond donors (Lipinski definition) is 1. The van der Waals surface area contributed by atoms with Gasteiger partial charge in [0, 0.05) is 12.1 Å². The van der Waals surface area contributed by atoms with Crippen LogP contribution in [-0.4, -0.2) is 64.4 Å². The van der Waals surface area contributed by atoms with Crippen LogP contribution in [0.3, 0.4) is 0 Å². The Labute approximate surface area is 171 Å². The number of nitrogens with zero attached hydrogens (tertiary/aromatic N) is 1. The molecule has 1 aromatic rings. The van der Waals surface area contributed by atoms with E-state index in [1.165, 1.54) is 7.11 Å². The second-order valence-corrected chi connectivity index (χ2v) is 12.8. The Morgan fingerprint density at radius 2 is 2.07 bits per heavy atom. The topological polar surface area (TPSA) is 86.3 Å². The molecule has 2 aliphatic heterocycles. The highest BCUT2D eigenvalue weighted by molar-refractivity contribution is 6.83. The van der Waals surface area contributed by atoms with E-state index in [1.54, 1.807) is 18.1 Å². The van der Waals surface area contributed by atoms with E-state index in [2.05, 4.69) is 36.4 Å². The molecule has 0 bridgehead atoms. The molecule has 0 aromatic heterocycles. The van der Waals surface area contributed by atoms with Gasteiger partial charge in [-0.1, -0.05) is 31.6 Å². The number of hydrogen-bond acceptors (Lipinski definition) is 7. The molecule has 0 aliphatic carbocycles. The van der Waals surface area contributed by atoms with Crippen molar-refractivity contribution in [2.45, 2.75) is 38.1 Å². The third-order valence-electron chi connectivity index (χ3n) is 4.61. The van der Waals surface area contributed by atoms with Crippen molar-refractivity contribution in [3.05, 3.63) is 29.3 Å². The van der Waals surface area contributed by atoms with Crippen LogP contribution in [0, 0.1) is 11.5 Å². The van der Waals surface area contributed by atoms with Crippen LogP contribution in [-0.2, 0) is 25.5 Å². The van der Waals surface area contributed by atoms with Crippen LogP contribution in [0.5, 0.6) is 5.75 Å². The number of carbonyl (C=O) groups is 2. The second-order valence-electron chi connectivity index (χ2n) is 8.01. The Bertz CT molecular complexity index is 868. The van der Waals surface area contributed by atoms with Crippen molar-refractivity contribution >= 4 is 20.0 Å². The fraction of sp³-hybridized carbons (Fsp3) is 0.500. The molecule has 29 heavy (non-hydrogen) atoms. The molecule has 0 radical (unpaired) electrons. The average molecular weight is 419 g/mol. The van der Waals surface area contributed by atoms with Gasteiger partial charge in [-0.15, -0.1) is 5.54 Å². The molecule has 9 heteroatoms. The molecule has 156 valence electrons. The molecule has 2 heterocycles. The van der Waals surface area contributed by atoms with Gasteiger partial charge in [0.15, 0.2) is 12.3 Å². The maximum atomic E-state index is 13.0. The molecule has 0 saturated carbocycles. The number of ether oxygens (including phenoxy) is 4. The summed E-state index contributed by atoms with van der Waals surface area (Å²) in [4.78, 5) is 27.4. The Kier molecular flexibility index (Phi) is 6.00. The van der Waals surface area contributed by atoms with E-state index in [-0.39, 0.29) is 19.2 Å². The maximum absolute atomic E-state index is 13.0. The molecule has 3 rings (SSSR count). The lowest BCUT2D eigenvalue weighted by atomic mass is 10.00. The first-order valence-corrected chi connectivity index (χ1v) is 12.8. The van der Waals surface area contributed by atoms with Crippen molar-refractivity contribution in [2.75, 3.05) is 27.6 Å². The van der Waals surface area contributed by atoms with Gasteiger partial charge in [-0.2, -0.15) is 0 Å². The number of carbonyl (C=O) groups excluding carboxylic acids is 2. The predicted molar refractivity (Wildman–Crippen MR) is 108 cm³/mol. The summed E-state index contributed by atoms with van der Waals surface area (Å²) in [6.07, 6.45) is -0.787. The first-order chi connectivity index (χ1) is 13.7. The Hall–Kier alpha value is -2.38. The van der Waals surface area contributed by atoms with Gasteiger partial charge in [0.1, 0.15) is 13.8 Å². The minimum atomic E-state index is -1.83. The summed E-state index contributed by atoms with van der Waals surface area (Å²) >= 11 is 0. The predicted octanol–water partition coefficient (Wildman–Crippen LogP) is 1.32. The van der Waals surface area contributed by atoms with Crippen molar-refractivity contribution in [2.24, 2.45) is 0 Å². The van der Waals surface area contributed by atoms with Gasteiger partial charge in [0.05, 0.1) is 20.8 Å². The molecule has 1 atom stereocenters. The van der Waals surface area contributed by atoms with Crippen LogP contribution in [0.4, 0.5) is 0 Å². The minimum Gasteiger partial charge on any atom is -0.497 e. The average Bonchev–Trinajstić information content (AvgIpc) is 2.96. The summed E-state index contributed by atoms with van der Waals surface area (Å²) < 4.78 is 20.8. The van der Waals surface area contributed by atoms with E-state index in [4.69, 9.17) is 18.9 Å². The fourth-order valence-electron chi connectivity index (χ4n) is 3.07. The van der Waals surface area contributed by atoms with E-state index in [0.29, 0.717) is 17.9 Å². The van der Waals surface area contributed by atoms with Crippen LogP contribution in [0.2, 0.25) is 19.6 Å². The number of nitrogens with one attached hydrogen (secondary N) is 1. The van der Waals surface area contributed by atoms with E-state index >= 15 is 0 Å². The molecule has 2 aliphatic rings. The molecule has 1 saturated heterocycles. The second kappa shape index (κ2) is 8.16. The molecule has 8 nitrogen and oxygen atoms in total. The summed E-state index contributed by atoms with van der Waals surface area (Å²) in [6.45, 7) is 6.70. The molecule has 0 spiro atoms. The number of fused-ring (bicyclic) bond motifs is 1. The standard InChI is InChI=1S/C20H26N2O6Si/c1-25-15-7-6-14-11-22(17(23)16(14)10-15)12-20(18(24)26-2,8-9-29(3,4)5)21-19-27-13-28-19/h6-7,10,19,21H,11-13H2,1-5H3/t20-/m1/s1. The quantitative estimate of drug-likeness (QED) is 0.424. The zero-order valence-electron chi connectivity index (χ0n) is 17.3. The zero-order valence-corrected chi connectivity index (χ0v) is 18.3. The van der Waals surface area contributed by atoms with Gasteiger partial charge in [-0.25, -0.2) is 10.1 Å². The number of rotatable bonds is 6. The third kappa shape index (κ3) is 4.62. The first-order valence-electron chi connectivity index (χ1n) is 9.27. The lowest BCUT2D eigenvalue weighted by molar-refractivity contribution is -0.337. The van der Waals surface area contributed by atoms with Crippen molar-refractivity contribution in [3.8, 4) is 17.2 Å². The Balaban J connectivity index is 1.94. The van der Waals surface area contributed by atoms with E-state index in [1.807, 2.05) is 12.1 Å². The lowest BCUT2D eigenvalue weighted by Gasteiger charge is -2.37. The summed E-state index contributed by atoms with van der Waals surface area (Å²) in [6, 6.07) is 5.37. The Morgan fingerprint density at radius 1 is 1.34 bits per heavy atom. The molecular formula is C20H26N2O6Si. The largest absolute Gasteiger partial charge is 0.497 e. The first kappa shape index (κ1) is 21.3. The summed E-state index contributed by atoms with van der Waals surface area (Å²) in [7, 11) is 1.02. The SMILES string of the molecule is COC(=O)[C@@](C#C[Si](C)(C)C)(CN1Cc2ccc(OC)cc2C1=O)NC1OCO1. The van der Waals surface area contributed by atoms with Crippen molar-refractivity contribution in [1.29, 1.82) is 0 Å². The highest BCUT2D eigenvalue weighted by Crippen LogP contribution is 2.28. The summed E-state index contributed by atoms with van der Waals surface area (Å²) in [5, 5.41) is 3.00. The minimum absolute atomic E-state index is 0.00377. The molecular weight excluding hydrogens is 392 g/mol. The highest BCUT2D eigenvalue weighted by Gasteiger charge is 2.46. The molecule has 0 unspecified atom stereocenters. The van der Waals surface area contributed by atoms with Crippen LogP contribution >= 0.6 is 0 Å². The van der Waals surface area contributed by atoms with Crippen molar-refractivity contribution in [3.63, 3.8) is 0 Å². The molecule has 1 aromatic carbocycles.